The Hall–Kier alpha value is -4.81. The Balaban J connectivity index is 1.08. The summed E-state index contributed by atoms with van der Waals surface area (Å²) in [6, 6.07) is 14.5. The summed E-state index contributed by atoms with van der Waals surface area (Å²) in [4.78, 5) is 40.6. The average Bonchev–Trinajstić information content (AvgIpc) is 3.74. The number of aryl methyl sites for hydroxylation is 1. The van der Waals surface area contributed by atoms with Crippen LogP contribution in [0.3, 0.4) is 0 Å². The minimum absolute atomic E-state index is 0.119. The lowest BCUT2D eigenvalue weighted by atomic mass is 10.1. The lowest BCUT2D eigenvalue weighted by Crippen LogP contribution is -2.23. The molecular weight excluding hydrogens is 612 g/mol. The van der Waals surface area contributed by atoms with Gasteiger partial charge in [0, 0.05) is 30.3 Å². The molecule has 0 radical (unpaired) electrons. The third kappa shape index (κ3) is 7.13. The van der Waals surface area contributed by atoms with Crippen LogP contribution in [0.2, 0.25) is 5.02 Å². The lowest BCUT2D eigenvalue weighted by molar-refractivity contribution is -0.117. The van der Waals surface area contributed by atoms with Gasteiger partial charge in [0.1, 0.15) is 11.6 Å². The highest BCUT2D eigenvalue weighted by Gasteiger charge is 2.24. The number of aromatic nitrogens is 5. The summed E-state index contributed by atoms with van der Waals surface area (Å²) in [6.45, 7) is 6.90. The van der Waals surface area contributed by atoms with Gasteiger partial charge in [-0.15, -0.1) is 0 Å². The summed E-state index contributed by atoms with van der Waals surface area (Å²) in [6.07, 6.45) is 6.93. The number of amides is 3. The van der Waals surface area contributed by atoms with E-state index in [4.69, 9.17) is 21.4 Å². The van der Waals surface area contributed by atoms with E-state index in [1.165, 1.54) is 23.7 Å². The van der Waals surface area contributed by atoms with E-state index in [-0.39, 0.29) is 11.9 Å². The van der Waals surface area contributed by atoms with Crippen LogP contribution in [-0.4, -0.2) is 43.2 Å². The zero-order chi connectivity index (χ0) is 31.5. The number of urea groups is 1. The van der Waals surface area contributed by atoms with E-state index in [1.54, 1.807) is 21.8 Å². The van der Waals surface area contributed by atoms with Crippen LogP contribution in [0, 0.1) is 12.8 Å². The van der Waals surface area contributed by atoms with Gasteiger partial charge in [0.15, 0.2) is 5.13 Å². The third-order valence-corrected chi connectivity index (χ3v) is 8.34. The highest BCUT2D eigenvalue weighted by molar-refractivity contribution is 7.19. The van der Waals surface area contributed by atoms with Crippen LogP contribution < -0.4 is 20.3 Å². The van der Waals surface area contributed by atoms with Gasteiger partial charge in [0.25, 0.3) is 0 Å². The Morgan fingerprint density at radius 2 is 1.82 bits per heavy atom. The Kier molecular flexibility index (Phi) is 8.76. The molecule has 2 aromatic carbocycles. The summed E-state index contributed by atoms with van der Waals surface area (Å²) >= 11 is 7.65. The standard InChI is InChI=1S/C32H31ClN8O3S/c1-19(2)13-23-15-28(41(39-23)26-11-8-22(33)14-20(26)3)38-30(43)37-24-16-34-31(35-17-24)44-25-9-6-21(7-10-25)27-18-36-32(45-27)40-12-4-5-29(40)42/h6-11,14-19H,4-5,12-13H2,1-3H3,(H2,37,38,43). The van der Waals surface area contributed by atoms with Gasteiger partial charge in [0.05, 0.1) is 34.3 Å². The van der Waals surface area contributed by atoms with Gasteiger partial charge in [-0.05, 0) is 79.3 Å². The van der Waals surface area contributed by atoms with Gasteiger partial charge in [0.2, 0.25) is 5.91 Å². The first-order chi connectivity index (χ1) is 21.7. The van der Waals surface area contributed by atoms with Gasteiger partial charge in [-0.25, -0.2) is 24.4 Å². The maximum Gasteiger partial charge on any atom is 0.324 e. The molecule has 1 aliphatic rings. The SMILES string of the molecule is Cc1cc(Cl)ccc1-n1nc(CC(C)C)cc1NC(=O)Nc1cnc(Oc2ccc(-c3cnc(N4CCCC4=O)s3)cc2)nc1. The van der Waals surface area contributed by atoms with Gasteiger partial charge in [-0.3, -0.25) is 15.0 Å². The fraction of sp³-hybridized carbons (Fsp3) is 0.250. The molecule has 5 aromatic rings. The number of nitrogens with zero attached hydrogens (tertiary/aromatic N) is 6. The van der Waals surface area contributed by atoms with Crippen LogP contribution in [0.25, 0.3) is 16.1 Å². The fourth-order valence-electron chi connectivity index (χ4n) is 4.96. The summed E-state index contributed by atoms with van der Waals surface area (Å²) in [5.74, 6) is 1.60. The van der Waals surface area contributed by atoms with Gasteiger partial charge >= 0.3 is 12.0 Å². The molecule has 1 aliphatic heterocycles. The van der Waals surface area contributed by atoms with Crippen LogP contribution in [0.15, 0.2) is 67.1 Å². The molecular formula is C32H31ClN8O3S. The van der Waals surface area contributed by atoms with E-state index in [0.29, 0.717) is 41.2 Å². The number of hydrogen-bond acceptors (Lipinski definition) is 8. The van der Waals surface area contributed by atoms with Crippen molar-refractivity contribution in [2.45, 2.75) is 40.0 Å². The molecule has 4 heterocycles. The molecule has 0 aliphatic carbocycles. The van der Waals surface area contributed by atoms with Crippen molar-refractivity contribution < 1.29 is 14.3 Å². The number of thiazole rings is 1. The van der Waals surface area contributed by atoms with Crippen molar-refractivity contribution in [2.24, 2.45) is 5.92 Å². The Bertz CT molecular complexity index is 1840. The van der Waals surface area contributed by atoms with Crippen molar-refractivity contribution in [3.05, 3.63) is 83.4 Å². The number of ether oxygens (including phenoxy) is 1. The summed E-state index contributed by atoms with van der Waals surface area (Å²) < 4.78 is 7.52. The Morgan fingerprint density at radius 1 is 1.04 bits per heavy atom. The summed E-state index contributed by atoms with van der Waals surface area (Å²) in [5, 5.41) is 11.7. The molecule has 0 atom stereocenters. The van der Waals surface area contributed by atoms with E-state index in [1.807, 2.05) is 49.4 Å². The molecule has 1 fully saturated rings. The van der Waals surface area contributed by atoms with Crippen LogP contribution in [0.1, 0.15) is 37.9 Å². The van der Waals surface area contributed by atoms with Crippen molar-refractivity contribution in [1.29, 1.82) is 0 Å². The second-order valence-corrected chi connectivity index (χ2v) is 12.5. The number of anilines is 3. The highest BCUT2D eigenvalue weighted by atomic mass is 35.5. The average molecular weight is 643 g/mol. The number of carbonyl (C=O) groups excluding carboxylic acids is 2. The molecule has 3 aromatic heterocycles. The van der Waals surface area contributed by atoms with Crippen molar-refractivity contribution in [3.8, 4) is 27.9 Å². The number of carbonyl (C=O) groups is 2. The molecule has 0 saturated carbocycles. The number of benzene rings is 2. The Labute approximate surface area is 269 Å². The van der Waals surface area contributed by atoms with Gasteiger partial charge < -0.3 is 10.1 Å². The topological polar surface area (TPSA) is 127 Å². The van der Waals surface area contributed by atoms with Crippen LogP contribution in [0.5, 0.6) is 11.8 Å². The maximum absolute atomic E-state index is 13.0. The lowest BCUT2D eigenvalue weighted by Gasteiger charge is -2.12. The van der Waals surface area contributed by atoms with Crippen molar-refractivity contribution in [3.63, 3.8) is 0 Å². The van der Waals surface area contributed by atoms with Gasteiger partial charge in [-0.1, -0.05) is 36.8 Å². The first-order valence-electron chi connectivity index (χ1n) is 14.5. The van der Waals surface area contributed by atoms with Crippen LogP contribution in [0.4, 0.5) is 21.4 Å². The molecule has 0 spiro atoms. The van der Waals surface area contributed by atoms with Crippen molar-refractivity contribution in [1.82, 2.24) is 24.7 Å². The monoisotopic (exact) mass is 642 g/mol. The quantitative estimate of drug-likeness (QED) is 0.170. The minimum atomic E-state index is -0.466. The zero-order valence-electron chi connectivity index (χ0n) is 25.0. The molecule has 13 heteroatoms. The molecule has 0 unspecified atom stereocenters. The van der Waals surface area contributed by atoms with E-state index >= 15 is 0 Å². The normalized spacial score (nSPS) is 13.0. The Morgan fingerprint density at radius 3 is 2.51 bits per heavy atom. The zero-order valence-corrected chi connectivity index (χ0v) is 26.5. The summed E-state index contributed by atoms with van der Waals surface area (Å²) in [7, 11) is 0. The molecule has 11 nitrogen and oxygen atoms in total. The van der Waals surface area contributed by atoms with Crippen LogP contribution >= 0.6 is 22.9 Å². The van der Waals surface area contributed by atoms with Crippen molar-refractivity contribution in [2.75, 3.05) is 22.1 Å². The maximum atomic E-state index is 13.0. The molecule has 45 heavy (non-hydrogen) atoms. The number of hydrogen-bond donors (Lipinski definition) is 2. The molecule has 6 rings (SSSR count). The second-order valence-electron chi connectivity index (χ2n) is 11.1. The van der Waals surface area contributed by atoms with E-state index in [9.17, 15) is 9.59 Å². The fourth-order valence-corrected chi connectivity index (χ4v) is 6.15. The largest absolute Gasteiger partial charge is 0.424 e. The van der Waals surface area contributed by atoms with E-state index in [2.05, 4.69) is 39.4 Å². The summed E-state index contributed by atoms with van der Waals surface area (Å²) in [5.41, 5.74) is 3.97. The predicted octanol–water partition coefficient (Wildman–Crippen LogP) is 7.51. The number of halogens is 1. The van der Waals surface area contributed by atoms with Crippen molar-refractivity contribution >= 4 is 51.5 Å². The van der Waals surface area contributed by atoms with E-state index in [0.717, 1.165) is 45.4 Å². The molecule has 2 N–H and O–H groups in total. The molecule has 230 valence electrons. The first kappa shape index (κ1) is 30.2. The highest BCUT2D eigenvalue weighted by Crippen LogP contribution is 2.34. The number of rotatable bonds is 9. The van der Waals surface area contributed by atoms with Gasteiger partial charge in [-0.2, -0.15) is 5.10 Å². The third-order valence-electron chi connectivity index (χ3n) is 7.04. The van der Waals surface area contributed by atoms with E-state index < -0.39 is 6.03 Å². The molecule has 3 amide bonds. The second kappa shape index (κ2) is 13.0. The predicted molar refractivity (Wildman–Crippen MR) is 176 cm³/mol. The number of nitrogens with one attached hydrogen (secondary N) is 2. The van der Waals surface area contributed by atoms with Crippen LogP contribution in [-0.2, 0) is 11.2 Å². The molecule has 1 saturated heterocycles. The smallest absolute Gasteiger partial charge is 0.324 e. The molecule has 0 bridgehead atoms. The first-order valence-corrected chi connectivity index (χ1v) is 15.7. The minimum Gasteiger partial charge on any atom is -0.424 e.